The lowest BCUT2D eigenvalue weighted by Crippen LogP contribution is -2.15. The van der Waals surface area contributed by atoms with Crippen LogP contribution in [0.2, 0.25) is 10.2 Å². The zero-order valence-corrected chi connectivity index (χ0v) is 11.0. The van der Waals surface area contributed by atoms with Crippen LogP contribution in [0.25, 0.3) is 0 Å². The normalized spacial score (nSPS) is 10.3. The molecule has 19 heavy (non-hydrogen) atoms. The number of nitrogen functional groups attached to an aromatic ring is 1. The van der Waals surface area contributed by atoms with Crippen molar-refractivity contribution in [1.29, 1.82) is 0 Å². The summed E-state index contributed by atoms with van der Waals surface area (Å²) in [5.74, 6) is -1.22. The van der Waals surface area contributed by atoms with Crippen LogP contribution in [-0.2, 0) is 0 Å². The Balaban J connectivity index is 2.28. The summed E-state index contributed by atoms with van der Waals surface area (Å²) in [5.41, 5.74) is 5.88. The number of amides is 1. The number of halogens is 3. The second-order valence-corrected chi connectivity index (χ2v) is 4.50. The summed E-state index contributed by atoms with van der Waals surface area (Å²) in [7, 11) is 0. The predicted octanol–water partition coefficient (Wildman–Crippen LogP) is 3.36. The van der Waals surface area contributed by atoms with E-state index in [1.165, 1.54) is 24.4 Å². The molecule has 0 radical (unpaired) electrons. The number of pyridine rings is 1. The first-order valence-electron chi connectivity index (χ1n) is 5.15. The third-order valence-corrected chi connectivity index (χ3v) is 2.77. The molecule has 0 unspecified atom stereocenters. The van der Waals surface area contributed by atoms with Crippen molar-refractivity contribution >= 4 is 40.5 Å². The molecule has 7 heteroatoms. The van der Waals surface area contributed by atoms with E-state index < -0.39 is 11.7 Å². The van der Waals surface area contributed by atoms with Crippen molar-refractivity contribution < 1.29 is 9.18 Å². The Bertz CT molecular complexity index is 649. The highest BCUT2D eigenvalue weighted by Gasteiger charge is 2.13. The maximum atomic E-state index is 13.5. The van der Waals surface area contributed by atoms with Crippen LogP contribution in [0.15, 0.2) is 30.5 Å². The van der Waals surface area contributed by atoms with Gasteiger partial charge in [-0.05, 0) is 24.3 Å². The van der Waals surface area contributed by atoms with Gasteiger partial charge >= 0.3 is 0 Å². The summed E-state index contributed by atoms with van der Waals surface area (Å²) >= 11 is 11.3. The lowest BCUT2D eigenvalue weighted by molar-refractivity contribution is 0.102. The number of aromatic nitrogens is 1. The first-order chi connectivity index (χ1) is 8.97. The molecule has 0 aliphatic rings. The van der Waals surface area contributed by atoms with E-state index in [-0.39, 0.29) is 27.1 Å². The summed E-state index contributed by atoms with van der Waals surface area (Å²) in [5, 5.41) is 2.74. The van der Waals surface area contributed by atoms with Crippen molar-refractivity contribution in [3.63, 3.8) is 0 Å². The number of hydrogen-bond donors (Lipinski definition) is 2. The largest absolute Gasteiger partial charge is 0.397 e. The number of carbonyl (C=O) groups is 1. The topological polar surface area (TPSA) is 68.0 Å². The summed E-state index contributed by atoms with van der Waals surface area (Å²) in [6, 6.07) is 5.22. The van der Waals surface area contributed by atoms with Crippen molar-refractivity contribution in [3.8, 4) is 0 Å². The van der Waals surface area contributed by atoms with E-state index in [9.17, 15) is 9.18 Å². The number of nitrogens with two attached hydrogens (primary N) is 1. The quantitative estimate of drug-likeness (QED) is 0.836. The monoisotopic (exact) mass is 299 g/mol. The van der Waals surface area contributed by atoms with E-state index in [0.29, 0.717) is 0 Å². The molecule has 2 aromatic rings. The van der Waals surface area contributed by atoms with Crippen LogP contribution < -0.4 is 11.1 Å². The Morgan fingerprint density at radius 2 is 2.05 bits per heavy atom. The number of hydrogen-bond acceptors (Lipinski definition) is 3. The molecule has 3 N–H and O–H groups in total. The van der Waals surface area contributed by atoms with Gasteiger partial charge in [0.1, 0.15) is 11.0 Å². The van der Waals surface area contributed by atoms with Crippen molar-refractivity contribution in [3.05, 3.63) is 52.0 Å². The summed E-state index contributed by atoms with van der Waals surface area (Å²) in [6.07, 6.45) is 1.26. The fourth-order valence-corrected chi connectivity index (χ4v) is 1.73. The molecule has 0 saturated heterocycles. The lowest BCUT2D eigenvalue weighted by Gasteiger charge is -2.08. The minimum absolute atomic E-state index is 0.00161. The molecule has 1 heterocycles. The molecule has 2 rings (SSSR count). The molecule has 0 fully saturated rings. The Labute approximate surface area is 118 Å². The van der Waals surface area contributed by atoms with E-state index in [1.54, 1.807) is 0 Å². The molecule has 98 valence electrons. The van der Waals surface area contributed by atoms with Crippen LogP contribution in [0.3, 0.4) is 0 Å². The minimum Gasteiger partial charge on any atom is -0.397 e. The molecule has 0 saturated carbocycles. The summed E-state index contributed by atoms with van der Waals surface area (Å²) < 4.78 is 13.5. The first-order valence-corrected chi connectivity index (χ1v) is 5.90. The van der Waals surface area contributed by atoms with Crippen molar-refractivity contribution in [2.75, 3.05) is 11.1 Å². The molecule has 4 nitrogen and oxygen atoms in total. The predicted molar refractivity (Wildman–Crippen MR) is 73.0 cm³/mol. The summed E-state index contributed by atoms with van der Waals surface area (Å²) in [4.78, 5) is 15.7. The number of nitrogens with one attached hydrogen (secondary N) is 1. The summed E-state index contributed by atoms with van der Waals surface area (Å²) in [6.45, 7) is 0. The van der Waals surface area contributed by atoms with Gasteiger partial charge in [0.05, 0.1) is 23.1 Å². The van der Waals surface area contributed by atoms with Gasteiger partial charge in [0.25, 0.3) is 5.91 Å². The number of carbonyl (C=O) groups excluding carboxylic acids is 1. The van der Waals surface area contributed by atoms with Crippen LogP contribution in [0, 0.1) is 5.82 Å². The zero-order chi connectivity index (χ0) is 14.0. The molecular formula is C12H8Cl2FN3O. The minimum atomic E-state index is -0.639. The fraction of sp³-hybridized carbons (Fsp3) is 0. The van der Waals surface area contributed by atoms with Crippen molar-refractivity contribution in [2.45, 2.75) is 0 Å². The number of nitrogens with zero attached hydrogens (tertiary/aromatic N) is 1. The fourth-order valence-electron chi connectivity index (χ4n) is 1.42. The van der Waals surface area contributed by atoms with Gasteiger partial charge in [-0.25, -0.2) is 9.37 Å². The Morgan fingerprint density at radius 3 is 2.74 bits per heavy atom. The van der Waals surface area contributed by atoms with Crippen LogP contribution in [0.4, 0.5) is 15.8 Å². The van der Waals surface area contributed by atoms with Gasteiger partial charge in [-0.1, -0.05) is 23.2 Å². The number of rotatable bonds is 2. The molecular weight excluding hydrogens is 292 g/mol. The van der Waals surface area contributed by atoms with E-state index in [1.807, 2.05) is 0 Å². The molecule has 0 bridgehead atoms. The van der Waals surface area contributed by atoms with Crippen LogP contribution >= 0.6 is 23.2 Å². The Kier molecular flexibility index (Phi) is 3.87. The highest BCUT2D eigenvalue weighted by Crippen LogP contribution is 2.21. The standard InChI is InChI=1S/C12H8Cl2FN3O/c13-6-1-2-10(8(15)3-6)18-12(19)7-4-11(14)17-5-9(7)16/h1-5H,16H2,(H,18,19). The smallest absolute Gasteiger partial charge is 0.258 e. The molecule has 0 spiro atoms. The van der Waals surface area contributed by atoms with Gasteiger partial charge in [-0.3, -0.25) is 4.79 Å². The van der Waals surface area contributed by atoms with E-state index >= 15 is 0 Å². The molecule has 0 atom stereocenters. The Morgan fingerprint density at radius 1 is 1.32 bits per heavy atom. The molecule has 0 aliphatic heterocycles. The third kappa shape index (κ3) is 3.13. The zero-order valence-electron chi connectivity index (χ0n) is 9.45. The van der Waals surface area contributed by atoms with Crippen LogP contribution in [0.5, 0.6) is 0 Å². The van der Waals surface area contributed by atoms with Crippen molar-refractivity contribution in [2.24, 2.45) is 0 Å². The maximum absolute atomic E-state index is 13.5. The third-order valence-electron chi connectivity index (χ3n) is 2.33. The second kappa shape index (κ2) is 5.42. The van der Waals surface area contributed by atoms with Crippen molar-refractivity contribution in [1.82, 2.24) is 4.98 Å². The molecule has 1 amide bonds. The van der Waals surface area contributed by atoms with E-state index in [0.717, 1.165) is 6.07 Å². The number of anilines is 2. The average molecular weight is 300 g/mol. The van der Waals surface area contributed by atoms with Gasteiger partial charge in [-0.15, -0.1) is 0 Å². The number of benzene rings is 1. The maximum Gasteiger partial charge on any atom is 0.258 e. The second-order valence-electron chi connectivity index (χ2n) is 3.67. The van der Waals surface area contributed by atoms with Gasteiger partial charge < -0.3 is 11.1 Å². The highest BCUT2D eigenvalue weighted by molar-refractivity contribution is 6.31. The van der Waals surface area contributed by atoms with Gasteiger partial charge in [0.2, 0.25) is 0 Å². The molecule has 1 aromatic carbocycles. The SMILES string of the molecule is Nc1cnc(Cl)cc1C(=O)Nc1ccc(Cl)cc1F. The average Bonchev–Trinajstić information content (AvgIpc) is 2.35. The first kappa shape index (κ1) is 13.6. The van der Waals surface area contributed by atoms with Gasteiger partial charge in [0, 0.05) is 5.02 Å². The van der Waals surface area contributed by atoms with Crippen LogP contribution in [0.1, 0.15) is 10.4 Å². The van der Waals surface area contributed by atoms with Gasteiger partial charge in [-0.2, -0.15) is 0 Å². The van der Waals surface area contributed by atoms with E-state index in [4.69, 9.17) is 28.9 Å². The van der Waals surface area contributed by atoms with E-state index in [2.05, 4.69) is 10.3 Å². The highest BCUT2D eigenvalue weighted by atomic mass is 35.5. The van der Waals surface area contributed by atoms with Gasteiger partial charge in [0.15, 0.2) is 0 Å². The van der Waals surface area contributed by atoms with Crippen LogP contribution in [-0.4, -0.2) is 10.9 Å². The Hall–Kier alpha value is -1.85. The lowest BCUT2D eigenvalue weighted by atomic mass is 10.2. The molecule has 1 aromatic heterocycles. The molecule has 0 aliphatic carbocycles.